The lowest BCUT2D eigenvalue weighted by atomic mass is 10.1. The Morgan fingerprint density at radius 1 is 1.29 bits per heavy atom. The third-order valence-corrected chi connectivity index (χ3v) is 3.58. The van der Waals surface area contributed by atoms with Crippen molar-refractivity contribution in [1.82, 2.24) is 9.78 Å². The summed E-state index contributed by atoms with van der Waals surface area (Å²) in [5.74, 6) is 0.495. The van der Waals surface area contributed by atoms with E-state index in [9.17, 15) is 4.79 Å². The summed E-state index contributed by atoms with van der Waals surface area (Å²) in [4.78, 5) is 12.0. The lowest BCUT2D eigenvalue weighted by Crippen LogP contribution is -2.28. The topological polar surface area (TPSA) is 46.9 Å². The molecule has 0 amide bonds. The summed E-state index contributed by atoms with van der Waals surface area (Å²) >= 11 is 3.34. The zero-order valence-electron chi connectivity index (χ0n) is 11.0. The third kappa shape index (κ3) is 3.31. The molecule has 1 atom stereocenters. The van der Waals surface area contributed by atoms with Gasteiger partial charge in [-0.25, -0.2) is 4.68 Å². The highest BCUT2D eigenvalue weighted by atomic mass is 79.9. The van der Waals surface area contributed by atoms with Crippen molar-refractivity contribution >= 4 is 21.6 Å². The van der Waals surface area contributed by atoms with Crippen molar-refractivity contribution in [3.63, 3.8) is 0 Å². The van der Waals surface area contributed by atoms with Crippen LogP contribution in [0.5, 0.6) is 0 Å². The molecule has 0 aliphatic heterocycles. The summed E-state index contributed by atoms with van der Waals surface area (Å²) in [6, 6.07) is 0.359. The van der Waals surface area contributed by atoms with Crippen LogP contribution in [0.4, 0.5) is 5.69 Å². The largest absolute Gasteiger partial charge is 0.380 e. The molecular weight excluding hydrogens is 282 g/mol. The van der Waals surface area contributed by atoms with Gasteiger partial charge in [-0.1, -0.05) is 13.8 Å². The van der Waals surface area contributed by atoms with Gasteiger partial charge in [0.1, 0.15) is 4.47 Å². The first kappa shape index (κ1) is 14.2. The van der Waals surface area contributed by atoms with Gasteiger partial charge in [0.05, 0.1) is 17.9 Å². The lowest BCUT2D eigenvalue weighted by molar-refractivity contribution is 0.499. The number of halogens is 1. The molecule has 0 aliphatic rings. The van der Waals surface area contributed by atoms with Crippen molar-refractivity contribution in [2.75, 3.05) is 5.32 Å². The van der Waals surface area contributed by atoms with Gasteiger partial charge in [0.2, 0.25) is 0 Å². The first-order valence-corrected chi connectivity index (χ1v) is 6.67. The number of hydrogen-bond acceptors (Lipinski definition) is 3. The van der Waals surface area contributed by atoms with Gasteiger partial charge < -0.3 is 5.32 Å². The van der Waals surface area contributed by atoms with Gasteiger partial charge in [-0.3, -0.25) is 4.79 Å². The van der Waals surface area contributed by atoms with Crippen LogP contribution in [0.3, 0.4) is 0 Å². The van der Waals surface area contributed by atoms with E-state index in [2.05, 4.69) is 47.1 Å². The maximum Gasteiger partial charge on any atom is 0.283 e. The Morgan fingerprint density at radius 2 is 1.88 bits per heavy atom. The molecule has 1 unspecified atom stereocenters. The highest BCUT2D eigenvalue weighted by Gasteiger charge is 2.13. The van der Waals surface area contributed by atoms with Crippen LogP contribution in [0, 0.1) is 5.92 Å². The second-order valence-electron chi connectivity index (χ2n) is 4.89. The fraction of sp³-hybridized carbons (Fsp3) is 0.667. The van der Waals surface area contributed by atoms with Gasteiger partial charge in [0.25, 0.3) is 5.56 Å². The van der Waals surface area contributed by atoms with Gasteiger partial charge >= 0.3 is 0 Å². The predicted molar refractivity (Wildman–Crippen MR) is 74.5 cm³/mol. The summed E-state index contributed by atoms with van der Waals surface area (Å²) in [5, 5.41) is 7.46. The molecule has 1 aromatic heterocycles. The molecule has 1 heterocycles. The van der Waals surface area contributed by atoms with E-state index >= 15 is 0 Å². The molecule has 0 bridgehead atoms. The molecule has 4 nitrogen and oxygen atoms in total. The normalized spacial score (nSPS) is 13.2. The maximum atomic E-state index is 12.0. The zero-order chi connectivity index (χ0) is 13.2. The number of nitrogens with zero attached hydrogens (tertiary/aromatic N) is 2. The molecule has 1 rings (SSSR count). The van der Waals surface area contributed by atoms with E-state index in [1.807, 2.05) is 13.8 Å². The Hall–Kier alpha value is -0.840. The molecule has 0 saturated heterocycles. The average molecular weight is 302 g/mol. The van der Waals surface area contributed by atoms with E-state index in [0.29, 0.717) is 16.4 Å². The predicted octanol–water partition coefficient (Wildman–Crippen LogP) is 3.04. The van der Waals surface area contributed by atoms with E-state index in [1.54, 1.807) is 6.20 Å². The lowest BCUT2D eigenvalue weighted by Gasteiger charge is -2.20. The molecule has 0 aliphatic carbocycles. The van der Waals surface area contributed by atoms with Crippen LogP contribution in [0.15, 0.2) is 15.5 Å². The van der Waals surface area contributed by atoms with Gasteiger partial charge in [-0.05, 0) is 42.6 Å². The molecule has 0 spiro atoms. The van der Waals surface area contributed by atoms with E-state index in [4.69, 9.17) is 0 Å². The summed E-state index contributed by atoms with van der Waals surface area (Å²) in [5.41, 5.74) is 0.661. The molecule has 0 fully saturated rings. The fourth-order valence-electron chi connectivity index (χ4n) is 1.33. The van der Waals surface area contributed by atoms with Gasteiger partial charge in [0, 0.05) is 6.04 Å². The smallest absolute Gasteiger partial charge is 0.283 e. The Labute approximate surface area is 111 Å². The van der Waals surface area contributed by atoms with Crippen LogP contribution in [0.25, 0.3) is 0 Å². The zero-order valence-corrected chi connectivity index (χ0v) is 12.6. The van der Waals surface area contributed by atoms with Gasteiger partial charge in [-0.2, -0.15) is 5.10 Å². The number of aromatic nitrogens is 2. The van der Waals surface area contributed by atoms with Crippen molar-refractivity contribution in [2.45, 2.75) is 46.7 Å². The van der Waals surface area contributed by atoms with Crippen molar-refractivity contribution in [1.29, 1.82) is 0 Å². The Morgan fingerprint density at radius 3 is 2.35 bits per heavy atom. The highest BCUT2D eigenvalue weighted by Crippen LogP contribution is 2.19. The first-order chi connectivity index (χ1) is 7.84. The molecule has 17 heavy (non-hydrogen) atoms. The third-order valence-electron chi connectivity index (χ3n) is 2.82. The Bertz CT molecular complexity index is 440. The quantitative estimate of drug-likeness (QED) is 0.930. The van der Waals surface area contributed by atoms with E-state index < -0.39 is 0 Å². The van der Waals surface area contributed by atoms with Crippen LogP contribution in [0.2, 0.25) is 0 Å². The molecule has 1 N–H and O–H groups in total. The highest BCUT2D eigenvalue weighted by molar-refractivity contribution is 9.10. The van der Waals surface area contributed by atoms with E-state index in [0.717, 1.165) is 5.69 Å². The van der Waals surface area contributed by atoms with Crippen LogP contribution in [0.1, 0.15) is 40.7 Å². The molecule has 1 aromatic rings. The molecule has 0 saturated carbocycles. The molecule has 96 valence electrons. The first-order valence-electron chi connectivity index (χ1n) is 5.88. The summed E-state index contributed by atoms with van der Waals surface area (Å²) in [6.07, 6.45) is 1.70. The minimum atomic E-state index is -0.0963. The monoisotopic (exact) mass is 301 g/mol. The SMILES string of the molecule is CC(C)C(C)Nc1cnn(C(C)C)c(=O)c1Br. The second-order valence-corrected chi connectivity index (χ2v) is 5.69. The second kappa shape index (κ2) is 5.67. The number of nitrogens with one attached hydrogen (secondary N) is 1. The molecule has 0 radical (unpaired) electrons. The van der Waals surface area contributed by atoms with Crippen LogP contribution >= 0.6 is 15.9 Å². The summed E-state index contributed by atoms with van der Waals surface area (Å²) in [7, 11) is 0. The van der Waals surface area contributed by atoms with E-state index in [1.165, 1.54) is 4.68 Å². The fourth-order valence-corrected chi connectivity index (χ4v) is 1.72. The van der Waals surface area contributed by atoms with Crippen LogP contribution in [-0.4, -0.2) is 15.8 Å². The van der Waals surface area contributed by atoms with Crippen LogP contribution in [-0.2, 0) is 0 Å². The number of rotatable bonds is 4. The average Bonchev–Trinajstić information content (AvgIpc) is 2.24. The van der Waals surface area contributed by atoms with E-state index in [-0.39, 0.29) is 11.6 Å². The minimum Gasteiger partial charge on any atom is -0.380 e. The summed E-state index contributed by atoms with van der Waals surface area (Å²) < 4.78 is 2.02. The van der Waals surface area contributed by atoms with Crippen molar-refractivity contribution in [3.8, 4) is 0 Å². The van der Waals surface area contributed by atoms with Gasteiger partial charge in [0.15, 0.2) is 0 Å². The standard InChI is InChI=1S/C12H20BrN3O/c1-7(2)9(5)15-10-6-14-16(8(3)4)12(17)11(10)13/h6-9,15H,1-5H3. The van der Waals surface area contributed by atoms with Gasteiger partial charge in [-0.15, -0.1) is 0 Å². The Balaban J connectivity index is 3.05. The molecule has 0 aromatic carbocycles. The summed E-state index contributed by atoms with van der Waals surface area (Å²) in [6.45, 7) is 10.2. The van der Waals surface area contributed by atoms with Crippen LogP contribution < -0.4 is 10.9 Å². The number of anilines is 1. The van der Waals surface area contributed by atoms with Crippen molar-refractivity contribution in [3.05, 3.63) is 21.0 Å². The van der Waals surface area contributed by atoms with Crippen molar-refractivity contribution < 1.29 is 0 Å². The maximum absolute atomic E-state index is 12.0. The minimum absolute atomic E-state index is 0.0652. The number of hydrogen-bond donors (Lipinski definition) is 1. The van der Waals surface area contributed by atoms with Crippen molar-refractivity contribution in [2.24, 2.45) is 5.92 Å². The molecular formula is C12H20BrN3O. The molecule has 5 heteroatoms. The Kier molecular flexibility index (Phi) is 4.74.